The van der Waals surface area contributed by atoms with E-state index in [1.54, 1.807) is 26.2 Å². The van der Waals surface area contributed by atoms with E-state index >= 15 is 0 Å². The summed E-state index contributed by atoms with van der Waals surface area (Å²) in [5, 5.41) is 10.8. The average molecular weight is 447 g/mol. The van der Waals surface area contributed by atoms with Crippen molar-refractivity contribution in [2.24, 2.45) is 17.8 Å². The lowest BCUT2D eigenvalue weighted by molar-refractivity contribution is -0.137. The molecule has 6 rings (SSSR count). The highest BCUT2D eigenvalue weighted by atomic mass is 16.5. The highest BCUT2D eigenvalue weighted by Gasteiger charge is 2.52. The van der Waals surface area contributed by atoms with Crippen LogP contribution in [0.2, 0.25) is 0 Å². The molecule has 0 amide bonds. The van der Waals surface area contributed by atoms with Crippen LogP contribution in [-0.2, 0) is 14.9 Å². The second-order valence-electron chi connectivity index (χ2n) is 10.4. The zero-order valence-electron chi connectivity index (χ0n) is 19.9. The van der Waals surface area contributed by atoms with Gasteiger partial charge in [-0.25, -0.2) is 4.79 Å². The Morgan fingerprint density at radius 3 is 2.33 bits per heavy atom. The molecule has 4 aliphatic rings. The Bertz CT molecular complexity index is 1060. The third-order valence-electron chi connectivity index (χ3n) is 8.17. The van der Waals surface area contributed by atoms with Crippen LogP contribution in [0.25, 0.3) is 17.2 Å². The summed E-state index contributed by atoms with van der Waals surface area (Å²) in [7, 11) is 1.77. The summed E-state index contributed by atoms with van der Waals surface area (Å²) in [5.74, 6) is 3.39. The van der Waals surface area contributed by atoms with Crippen LogP contribution < -0.4 is 4.74 Å². The Balaban J connectivity index is 1.56. The SMILES string of the molecule is CCOC(=O)/C=C/c1ccc(O)c(-c2cc(C34CC5CC(CC(C5)C3)C4)c(OC)cc2C)c1. The van der Waals surface area contributed by atoms with Gasteiger partial charge in [0, 0.05) is 17.2 Å². The van der Waals surface area contributed by atoms with Crippen LogP contribution >= 0.6 is 0 Å². The van der Waals surface area contributed by atoms with Gasteiger partial charge in [0.05, 0.1) is 13.7 Å². The zero-order chi connectivity index (χ0) is 23.2. The van der Waals surface area contributed by atoms with Crippen molar-refractivity contribution >= 4 is 12.0 Å². The lowest BCUT2D eigenvalue weighted by Gasteiger charge is -2.57. The van der Waals surface area contributed by atoms with Crippen LogP contribution in [0.3, 0.4) is 0 Å². The molecule has 4 fully saturated rings. The van der Waals surface area contributed by atoms with Crippen LogP contribution in [0.5, 0.6) is 11.5 Å². The lowest BCUT2D eigenvalue weighted by Crippen LogP contribution is -2.48. The molecule has 33 heavy (non-hydrogen) atoms. The quantitative estimate of drug-likeness (QED) is 0.411. The van der Waals surface area contributed by atoms with Gasteiger partial charge in [-0.1, -0.05) is 6.07 Å². The van der Waals surface area contributed by atoms with E-state index in [0.29, 0.717) is 6.61 Å². The molecule has 2 aromatic rings. The molecular formula is C29H34O4. The molecule has 0 radical (unpaired) electrons. The molecule has 4 bridgehead atoms. The van der Waals surface area contributed by atoms with Crippen molar-refractivity contribution < 1.29 is 19.4 Å². The van der Waals surface area contributed by atoms with E-state index in [9.17, 15) is 9.90 Å². The van der Waals surface area contributed by atoms with E-state index in [1.807, 2.05) is 12.1 Å². The smallest absolute Gasteiger partial charge is 0.330 e. The minimum Gasteiger partial charge on any atom is -0.507 e. The summed E-state index contributed by atoms with van der Waals surface area (Å²) in [5.41, 5.74) is 5.25. The van der Waals surface area contributed by atoms with Crippen molar-refractivity contribution in [2.45, 2.75) is 57.8 Å². The number of phenolic OH excluding ortho intramolecular Hbond substituents is 1. The van der Waals surface area contributed by atoms with Crippen molar-refractivity contribution in [1.29, 1.82) is 0 Å². The fourth-order valence-electron chi connectivity index (χ4n) is 7.22. The Morgan fingerprint density at radius 2 is 1.73 bits per heavy atom. The molecule has 0 saturated heterocycles. The molecule has 4 aliphatic carbocycles. The predicted octanol–water partition coefficient (Wildman–Crippen LogP) is 6.42. The number of aryl methyl sites for hydroxylation is 1. The number of carbonyl (C=O) groups is 1. The Labute approximate surface area is 196 Å². The maximum Gasteiger partial charge on any atom is 0.330 e. The van der Waals surface area contributed by atoms with E-state index in [-0.39, 0.29) is 17.1 Å². The Hall–Kier alpha value is -2.75. The number of phenols is 1. The summed E-state index contributed by atoms with van der Waals surface area (Å²) in [4.78, 5) is 11.7. The van der Waals surface area contributed by atoms with Gasteiger partial charge < -0.3 is 14.6 Å². The molecule has 4 heteroatoms. The van der Waals surface area contributed by atoms with Gasteiger partial charge >= 0.3 is 5.97 Å². The van der Waals surface area contributed by atoms with E-state index in [1.165, 1.54) is 50.2 Å². The molecular weight excluding hydrogens is 412 g/mol. The Morgan fingerprint density at radius 1 is 1.06 bits per heavy atom. The third kappa shape index (κ3) is 4.05. The van der Waals surface area contributed by atoms with Crippen LogP contribution in [0.1, 0.15) is 62.1 Å². The number of carbonyl (C=O) groups excluding carboxylic acids is 1. The molecule has 0 heterocycles. The number of hydrogen-bond acceptors (Lipinski definition) is 4. The predicted molar refractivity (Wildman–Crippen MR) is 130 cm³/mol. The fraction of sp³-hybridized carbons (Fsp3) is 0.483. The number of methoxy groups -OCH3 is 1. The number of benzene rings is 2. The molecule has 0 aromatic heterocycles. The summed E-state index contributed by atoms with van der Waals surface area (Å²) < 4.78 is 10.9. The van der Waals surface area contributed by atoms with Crippen molar-refractivity contribution in [1.82, 2.24) is 0 Å². The van der Waals surface area contributed by atoms with Gasteiger partial charge in [-0.2, -0.15) is 0 Å². The first-order chi connectivity index (χ1) is 15.9. The van der Waals surface area contributed by atoms with E-state index < -0.39 is 0 Å². The van der Waals surface area contributed by atoms with Crippen molar-refractivity contribution in [3.05, 3.63) is 53.1 Å². The van der Waals surface area contributed by atoms with Gasteiger partial charge in [-0.15, -0.1) is 0 Å². The summed E-state index contributed by atoms with van der Waals surface area (Å²) >= 11 is 0. The average Bonchev–Trinajstić information content (AvgIpc) is 2.77. The number of rotatable bonds is 6. The molecule has 0 atom stereocenters. The molecule has 174 valence electrons. The van der Waals surface area contributed by atoms with Crippen LogP contribution in [-0.4, -0.2) is 24.8 Å². The van der Waals surface area contributed by atoms with E-state index in [4.69, 9.17) is 9.47 Å². The normalized spacial score (nSPS) is 27.8. The second kappa shape index (κ2) is 8.55. The number of aromatic hydroxyl groups is 1. The maximum absolute atomic E-state index is 11.7. The molecule has 1 N–H and O–H groups in total. The first-order valence-electron chi connectivity index (χ1n) is 12.3. The highest BCUT2D eigenvalue weighted by Crippen LogP contribution is 2.62. The minimum atomic E-state index is -0.364. The van der Waals surface area contributed by atoms with Crippen molar-refractivity contribution in [3.8, 4) is 22.6 Å². The van der Waals surface area contributed by atoms with Crippen LogP contribution in [0.15, 0.2) is 36.4 Å². The topological polar surface area (TPSA) is 55.8 Å². The molecule has 0 unspecified atom stereocenters. The van der Waals surface area contributed by atoms with E-state index in [0.717, 1.165) is 45.8 Å². The van der Waals surface area contributed by atoms with Gasteiger partial charge in [0.1, 0.15) is 11.5 Å². The zero-order valence-corrected chi connectivity index (χ0v) is 19.9. The molecule has 2 aromatic carbocycles. The standard InChI is InChI=1S/C29H34O4/c1-4-33-28(31)8-6-19-5-7-26(30)24(13-19)23-14-25(27(32-3)9-18(23)2)29-15-20-10-21(16-29)12-22(11-20)17-29/h5-9,13-14,20-22,30H,4,10-12,15-17H2,1-3H3/b8-6+. The second-order valence-corrected chi connectivity index (χ2v) is 10.4. The van der Waals surface area contributed by atoms with E-state index in [2.05, 4.69) is 19.1 Å². The van der Waals surface area contributed by atoms with Gasteiger partial charge in [-0.05, 0) is 123 Å². The third-order valence-corrected chi connectivity index (χ3v) is 8.17. The molecule has 0 aliphatic heterocycles. The van der Waals surface area contributed by atoms with Crippen molar-refractivity contribution in [2.75, 3.05) is 13.7 Å². The lowest BCUT2D eigenvalue weighted by atomic mass is 9.48. The summed E-state index contributed by atoms with van der Waals surface area (Å²) in [6.45, 7) is 4.21. The summed E-state index contributed by atoms with van der Waals surface area (Å²) in [6, 6.07) is 9.89. The summed E-state index contributed by atoms with van der Waals surface area (Å²) in [6.07, 6.45) is 11.1. The van der Waals surface area contributed by atoms with Crippen LogP contribution in [0.4, 0.5) is 0 Å². The fourth-order valence-corrected chi connectivity index (χ4v) is 7.22. The largest absolute Gasteiger partial charge is 0.507 e. The monoisotopic (exact) mass is 446 g/mol. The van der Waals surface area contributed by atoms with Gasteiger partial charge in [0.2, 0.25) is 0 Å². The molecule has 0 spiro atoms. The minimum absolute atomic E-state index is 0.194. The van der Waals surface area contributed by atoms with Gasteiger partial charge in [0.25, 0.3) is 0 Å². The van der Waals surface area contributed by atoms with Crippen LogP contribution in [0, 0.1) is 24.7 Å². The first kappa shape index (κ1) is 22.1. The highest BCUT2D eigenvalue weighted by molar-refractivity contribution is 5.88. The molecule has 4 nitrogen and oxygen atoms in total. The van der Waals surface area contributed by atoms with Gasteiger partial charge in [-0.3, -0.25) is 0 Å². The van der Waals surface area contributed by atoms with Gasteiger partial charge in [0.15, 0.2) is 0 Å². The maximum atomic E-state index is 11.7. The number of esters is 1. The number of ether oxygens (including phenoxy) is 2. The van der Waals surface area contributed by atoms with Crippen molar-refractivity contribution in [3.63, 3.8) is 0 Å². The number of hydrogen-bond donors (Lipinski definition) is 1. The Kier molecular flexibility index (Phi) is 5.72. The first-order valence-corrected chi connectivity index (χ1v) is 12.3. The molecule has 4 saturated carbocycles.